The Bertz CT molecular complexity index is 375. The molecule has 19 heavy (non-hydrogen) atoms. The Hall–Kier alpha value is -1.55. The molecule has 0 aliphatic heterocycles. The fourth-order valence-electron chi connectivity index (χ4n) is 1.90. The first-order valence-electron chi connectivity index (χ1n) is 6.93. The summed E-state index contributed by atoms with van der Waals surface area (Å²) in [5.74, 6) is 0.000739. The van der Waals surface area contributed by atoms with Crippen molar-refractivity contribution in [2.75, 3.05) is 38.6 Å². The Morgan fingerprint density at radius 2 is 1.89 bits per heavy atom. The number of nitrogens with one attached hydrogen (secondary N) is 2. The number of carbonyl (C=O) groups excluding carboxylic acids is 1. The third kappa shape index (κ3) is 5.30. The second-order valence-corrected chi connectivity index (χ2v) is 4.68. The van der Waals surface area contributed by atoms with Crippen molar-refractivity contribution in [3.05, 3.63) is 29.8 Å². The molecule has 0 aliphatic rings. The number of carbonyl (C=O) groups is 1. The fraction of sp³-hybridized carbons (Fsp3) is 0.533. The molecule has 4 nitrogen and oxygen atoms in total. The Morgan fingerprint density at radius 3 is 2.47 bits per heavy atom. The van der Waals surface area contributed by atoms with Crippen LogP contribution in [-0.4, -0.2) is 39.6 Å². The van der Waals surface area contributed by atoms with Crippen LogP contribution in [0.2, 0.25) is 0 Å². The summed E-state index contributed by atoms with van der Waals surface area (Å²) in [5.41, 5.74) is 1.87. The average molecular weight is 263 g/mol. The van der Waals surface area contributed by atoms with E-state index in [2.05, 4.69) is 29.5 Å². The van der Waals surface area contributed by atoms with Gasteiger partial charge in [0.25, 0.3) is 5.91 Å². The number of rotatable bonds is 8. The zero-order chi connectivity index (χ0) is 14.1. The van der Waals surface area contributed by atoms with E-state index < -0.39 is 0 Å². The summed E-state index contributed by atoms with van der Waals surface area (Å²) in [6.07, 6.45) is 2.06. The number of nitrogens with zero attached hydrogens (tertiary/aromatic N) is 1. The number of hydrogen-bond acceptors (Lipinski definition) is 3. The van der Waals surface area contributed by atoms with Gasteiger partial charge in [-0.05, 0) is 50.7 Å². The summed E-state index contributed by atoms with van der Waals surface area (Å²) in [7, 11) is 3.98. The maximum absolute atomic E-state index is 11.9. The second kappa shape index (κ2) is 8.53. The van der Waals surface area contributed by atoms with Gasteiger partial charge in [0, 0.05) is 31.4 Å². The standard InChI is InChI=1S/C15H25N3O/c1-4-12-18(3)14-8-6-13(7-9-14)15(19)17-11-5-10-16-2/h6-9,16H,4-5,10-12H2,1-3H3,(H,17,19). The van der Waals surface area contributed by atoms with Crippen molar-refractivity contribution in [2.45, 2.75) is 19.8 Å². The molecule has 0 atom stereocenters. The molecule has 2 N–H and O–H groups in total. The molecule has 0 unspecified atom stereocenters. The zero-order valence-corrected chi connectivity index (χ0v) is 12.2. The molecule has 0 heterocycles. The smallest absolute Gasteiger partial charge is 0.251 e. The highest BCUT2D eigenvalue weighted by Crippen LogP contribution is 2.13. The highest BCUT2D eigenvalue weighted by Gasteiger charge is 2.05. The highest BCUT2D eigenvalue weighted by molar-refractivity contribution is 5.94. The Morgan fingerprint density at radius 1 is 1.21 bits per heavy atom. The third-order valence-electron chi connectivity index (χ3n) is 3.02. The first-order valence-corrected chi connectivity index (χ1v) is 6.93. The van der Waals surface area contributed by atoms with E-state index in [0.717, 1.165) is 37.2 Å². The van der Waals surface area contributed by atoms with Gasteiger partial charge in [-0.2, -0.15) is 0 Å². The maximum atomic E-state index is 11.9. The molecule has 1 amide bonds. The monoisotopic (exact) mass is 263 g/mol. The van der Waals surface area contributed by atoms with E-state index in [0.29, 0.717) is 6.54 Å². The second-order valence-electron chi connectivity index (χ2n) is 4.68. The van der Waals surface area contributed by atoms with Crippen molar-refractivity contribution in [1.82, 2.24) is 10.6 Å². The van der Waals surface area contributed by atoms with E-state index in [9.17, 15) is 4.79 Å². The molecular weight excluding hydrogens is 238 g/mol. The maximum Gasteiger partial charge on any atom is 0.251 e. The molecule has 0 saturated carbocycles. The predicted molar refractivity (Wildman–Crippen MR) is 80.9 cm³/mol. The van der Waals surface area contributed by atoms with Crippen LogP contribution in [0.15, 0.2) is 24.3 Å². The van der Waals surface area contributed by atoms with Gasteiger partial charge in [0.05, 0.1) is 0 Å². The third-order valence-corrected chi connectivity index (χ3v) is 3.02. The van der Waals surface area contributed by atoms with E-state index in [1.807, 2.05) is 31.3 Å². The van der Waals surface area contributed by atoms with Crippen LogP contribution in [-0.2, 0) is 0 Å². The van der Waals surface area contributed by atoms with Gasteiger partial charge in [-0.15, -0.1) is 0 Å². The van der Waals surface area contributed by atoms with Crippen LogP contribution in [0, 0.1) is 0 Å². The van der Waals surface area contributed by atoms with Crippen LogP contribution in [0.25, 0.3) is 0 Å². The van der Waals surface area contributed by atoms with E-state index in [4.69, 9.17) is 0 Å². The molecule has 1 aromatic rings. The van der Waals surface area contributed by atoms with Crippen molar-refractivity contribution >= 4 is 11.6 Å². The molecule has 0 radical (unpaired) electrons. The fourth-order valence-corrected chi connectivity index (χ4v) is 1.90. The summed E-state index contributed by atoms with van der Waals surface area (Å²) < 4.78 is 0. The van der Waals surface area contributed by atoms with Gasteiger partial charge in [0.2, 0.25) is 0 Å². The average Bonchev–Trinajstić information content (AvgIpc) is 2.44. The van der Waals surface area contributed by atoms with Crippen LogP contribution in [0.4, 0.5) is 5.69 Å². The highest BCUT2D eigenvalue weighted by atomic mass is 16.1. The molecule has 106 valence electrons. The van der Waals surface area contributed by atoms with E-state index in [-0.39, 0.29) is 5.91 Å². The SMILES string of the molecule is CCCN(C)c1ccc(C(=O)NCCCNC)cc1. The van der Waals surface area contributed by atoms with E-state index in [1.165, 1.54) is 0 Å². The topological polar surface area (TPSA) is 44.4 Å². The summed E-state index contributed by atoms with van der Waals surface area (Å²) >= 11 is 0. The summed E-state index contributed by atoms with van der Waals surface area (Å²) in [6, 6.07) is 7.76. The lowest BCUT2D eigenvalue weighted by Gasteiger charge is -2.18. The molecule has 0 aromatic heterocycles. The lowest BCUT2D eigenvalue weighted by atomic mass is 10.2. The van der Waals surface area contributed by atoms with Crippen molar-refractivity contribution in [2.24, 2.45) is 0 Å². The Balaban J connectivity index is 2.48. The number of amides is 1. The molecular formula is C15H25N3O. The lowest BCUT2D eigenvalue weighted by Crippen LogP contribution is -2.26. The minimum Gasteiger partial charge on any atom is -0.375 e. The van der Waals surface area contributed by atoms with E-state index >= 15 is 0 Å². The molecule has 1 rings (SSSR count). The van der Waals surface area contributed by atoms with Crippen molar-refractivity contribution in [3.8, 4) is 0 Å². The molecule has 0 spiro atoms. The summed E-state index contributed by atoms with van der Waals surface area (Å²) in [4.78, 5) is 14.1. The first kappa shape index (κ1) is 15.5. The lowest BCUT2D eigenvalue weighted by molar-refractivity contribution is 0.0953. The minimum absolute atomic E-state index is 0.000739. The van der Waals surface area contributed by atoms with Crippen LogP contribution < -0.4 is 15.5 Å². The van der Waals surface area contributed by atoms with Crippen LogP contribution in [0.1, 0.15) is 30.1 Å². The Kier molecular flexibility index (Phi) is 6.97. The molecule has 0 aliphatic carbocycles. The van der Waals surface area contributed by atoms with Gasteiger partial charge < -0.3 is 15.5 Å². The minimum atomic E-state index is 0.000739. The summed E-state index contributed by atoms with van der Waals surface area (Å²) in [5, 5.41) is 5.97. The largest absolute Gasteiger partial charge is 0.375 e. The zero-order valence-electron chi connectivity index (χ0n) is 12.2. The van der Waals surface area contributed by atoms with Crippen molar-refractivity contribution in [3.63, 3.8) is 0 Å². The number of benzene rings is 1. The van der Waals surface area contributed by atoms with Crippen LogP contribution >= 0.6 is 0 Å². The number of hydrogen-bond donors (Lipinski definition) is 2. The van der Waals surface area contributed by atoms with Gasteiger partial charge in [-0.1, -0.05) is 6.92 Å². The van der Waals surface area contributed by atoms with Gasteiger partial charge in [-0.25, -0.2) is 0 Å². The van der Waals surface area contributed by atoms with Crippen molar-refractivity contribution in [1.29, 1.82) is 0 Å². The molecule has 0 bridgehead atoms. The van der Waals surface area contributed by atoms with Crippen LogP contribution in [0.5, 0.6) is 0 Å². The van der Waals surface area contributed by atoms with Gasteiger partial charge in [0.15, 0.2) is 0 Å². The van der Waals surface area contributed by atoms with E-state index in [1.54, 1.807) is 0 Å². The van der Waals surface area contributed by atoms with Crippen LogP contribution in [0.3, 0.4) is 0 Å². The molecule has 0 saturated heterocycles. The van der Waals surface area contributed by atoms with Crippen molar-refractivity contribution < 1.29 is 4.79 Å². The summed E-state index contributed by atoms with van der Waals surface area (Å²) in [6.45, 7) is 4.80. The quantitative estimate of drug-likeness (QED) is 0.704. The molecule has 1 aromatic carbocycles. The molecule has 4 heteroatoms. The number of anilines is 1. The normalized spacial score (nSPS) is 10.3. The molecule has 0 fully saturated rings. The predicted octanol–water partition coefficient (Wildman–Crippen LogP) is 1.87. The van der Waals surface area contributed by atoms with Gasteiger partial charge in [-0.3, -0.25) is 4.79 Å². The van der Waals surface area contributed by atoms with Gasteiger partial charge in [0.1, 0.15) is 0 Å². The van der Waals surface area contributed by atoms with Gasteiger partial charge >= 0.3 is 0 Å². The Labute approximate surface area is 116 Å². The first-order chi connectivity index (χ1) is 9.19.